The van der Waals surface area contributed by atoms with Crippen LogP contribution in [0.3, 0.4) is 0 Å². The summed E-state index contributed by atoms with van der Waals surface area (Å²) in [6.45, 7) is 0. The first-order valence-electron chi connectivity index (χ1n) is 19.9. The summed E-state index contributed by atoms with van der Waals surface area (Å²) in [4.78, 5) is 65.7. The quantitative estimate of drug-likeness (QED) is 0.101. The number of carboxylic acid groups (broad SMARTS) is 1. The monoisotopic (exact) mass is 911 g/mol. The van der Waals surface area contributed by atoms with Crippen LogP contribution in [0.5, 0.6) is 0 Å². The van der Waals surface area contributed by atoms with Crippen LogP contribution in [0.1, 0.15) is 88.2 Å². The molecule has 2 aromatic heterocycles. The lowest BCUT2D eigenvalue weighted by Crippen LogP contribution is -2.69. The van der Waals surface area contributed by atoms with Gasteiger partial charge in [0.2, 0.25) is 5.91 Å². The highest BCUT2D eigenvalue weighted by Gasteiger charge is 2.54. The van der Waals surface area contributed by atoms with E-state index in [1.165, 1.54) is 24.4 Å². The summed E-state index contributed by atoms with van der Waals surface area (Å²) in [5, 5.41) is 16.6. The number of anilines is 1. The third-order valence-electron chi connectivity index (χ3n) is 10.8. The molecule has 2 saturated carbocycles. The molecule has 2 saturated heterocycles. The SMILES string of the molecule is CO.COC1[C@H](Cc2cncc(Cl)c2)C(C=O)N1C(N)=O.FC(F)(F)CC1CCCCC1.FC(F)(F)CC1CCCCC1.NC(=O)N1C(=O)[C@H](Cc2ccnc(N)c2)C1C(=O)O. The van der Waals surface area contributed by atoms with Crippen LogP contribution in [0.25, 0.3) is 0 Å². The number of hydrogen-bond donors (Lipinski definition) is 5. The molecule has 2 aliphatic carbocycles. The second-order valence-electron chi connectivity index (χ2n) is 15.3. The fraction of sp³-hybridized carbons (Fsp3) is 0.625. The second-order valence-corrected chi connectivity index (χ2v) is 15.7. The van der Waals surface area contributed by atoms with E-state index in [4.69, 9.17) is 43.8 Å². The number of likely N-dealkylation sites (tertiary alicyclic amines) is 2. The van der Waals surface area contributed by atoms with Gasteiger partial charge < -0.3 is 36.9 Å². The van der Waals surface area contributed by atoms with Crippen LogP contribution < -0.4 is 17.2 Å². The molecule has 0 bridgehead atoms. The number of imide groups is 1. The van der Waals surface area contributed by atoms with E-state index < -0.39 is 73.4 Å². The van der Waals surface area contributed by atoms with Crippen molar-refractivity contribution in [1.82, 2.24) is 19.8 Å². The standard InChI is InChI=1S/C12H14ClN3O3.C11H12N4O4.2C8H13F3.CH4O/c1-19-11-9(10(6-17)16(11)12(14)18)3-7-2-8(13)5-15-4-7;12-7-4-5(1-2-14-7)3-6-8(10(17)18)15(9(6)16)11(13)19;2*9-8(10,11)6-7-4-2-1-3-5-7;1-2/h2,4-6,9-11H,3H2,1H3,(H2,14,18);1-2,4,6,8H,3H2,(H2,12,14)(H2,13,19)(H,17,18);2*7H,1-6H2;2H,1H3/t9-,10?,11?;6-,8?;;;/m11.../s1. The molecule has 6 rings (SSSR count). The summed E-state index contributed by atoms with van der Waals surface area (Å²) >= 11 is 5.86. The molecule has 0 spiro atoms. The van der Waals surface area contributed by atoms with Crippen molar-refractivity contribution in [2.75, 3.05) is 20.0 Å². The average molecular weight is 912 g/mol. The van der Waals surface area contributed by atoms with Crippen LogP contribution in [-0.4, -0.2) is 105 Å². The number of hydrogen-bond acceptors (Lipinski definition) is 10. The number of rotatable bonds is 9. The summed E-state index contributed by atoms with van der Waals surface area (Å²) in [5.74, 6) is -2.68. The summed E-state index contributed by atoms with van der Waals surface area (Å²) in [5.41, 5.74) is 17.3. The predicted molar refractivity (Wildman–Crippen MR) is 215 cm³/mol. The van der Waals surface area contributed by atoms with Crippen LogP contribution in [0.2, 0.25) is 5.02 Å². The van der Waals surface area contributed by atoms with Gasteiger partial charge in [0, 0.05) is 51.6 Å². The average Bonchev–Trinajstić information content (AvgIpc) is 3.18. The Bertz CT molecular complexity index is 1720. The maximum absolute atomic E-state index is 11.8. The second kappa shape index (κ2) is 25.4. The van der Waals surface area contributed by atoms with Crippen LogP contribution in [-0.2, 0) is 32.0 Å². The molecule has 2 aromatic rings. The number of ether oxygens (including phenoxy) is 1. The number of carboxylic acids is 1. The molecule has 0 radical (unpaired) electrons. The third kappa shape index (κ3) is 17.2. The number of primary amides is 2. The van der Waals surface area contributed by atoms with E-state index in [9.17, 15) is 50.3 Å². The number of amides is 5. The number of nitrogens with two attached hydrogens (primary N) is 3. The zero-order valence-electron chi connectivity index (χ0n) is 34.5. The zero-order chi connectivity index (χ0) is 46.8. The van der Waals surface area contributed by atoms with Crippen molar-refractivity contribution in [3.8, 4) is 0 Å². The van der Waals surface area contributed by atoms with Gasteiger partial charge in [0.05, 0.1) is 17.0 Å². The fourth-order valence-corrected chi connectivity index (χ4v) is 8.22. The summed E-state index contributed by atoms with van der Waals surface area (Å²) in [6.07, 6.45) is 5.89. The van der Waals surface area contributed by atoms with Crippen LogP contribution >= 0.6 is 11.6 Å². The van der Waals surface area contributed by atoms with Gasteiger partial charge >= 0.3 is 30.4 Å². The number of carbonyl (C=O) groups is 5. The van der Waals surface area contributed by atoms with Crippen molar-refractivity contribution < 1.29 is 65.3 Å². The van der Waals surface area contributed by atoms with Gasteiger partial charge in [-0.05, 0) is 54.0 Å². The van der Waals surface area contributed by atoms with Crippen molar-refractivity contribution in [1.29, 1.82) is 0 Å². The fourth-order valence-electron chi connectivity index (χ4n) is 8.03. The first-order chi connectivity index (χ1) is 29.1. The number of nitrogens with zero attached hydrogens (tertiary/aromatic N) is 4. The minimum Gasteiger partial charge on any atom is -0.480 e. The van der Waals surface area contributed by atoms with Gasteiger partial charge in [-0.1, -0.05) is 75.8 Å². The zero-order valence-corrected chi connectivity index (χ0v) is 35.2. The number of aromatic nitrogens is 2. The molecule has 15 nitrogen and oxygen atoms in total. The van der Waals surface area contributed by atoms with Crippen molar-refractivity contribution in [3.05, 3.63) is 52.9 Å². The van der Waals surface area contributed by atoms with E-state index in [0.29, 0.717) is 28.2 Å². The number of aliphatic hydroxyl groups is 1. The highest BCUT2D eigenvalue weighted by atomic mass is 35.5. The van der Waals surface area contributed by atoms with Gasteiger partial charge in [0.25, 0.3) is 0 Å². The van der Waals surface area contributed by atoms with E-state index in [2.05, 4.69) is 9.97 Å². The summed E-state index contributed by atoms with van der Waals surface area (Å²) in [6, 6.07) is 1.46. The Labute approximate surface area is 360 Å². The highest BCUT2D eigenvalue weighted by Crippen LogP contribution is 2.36. The Morgan fingerprint density at radius 1 is 0.871 bits per heavy atom. The van der Waals surface area contributed by atoms with E-state index in [0.717, 1.165) is 76.9 Å². The molecule has 4 heterocycles. The number of pyridine rings is 2. The number of halogens is 7. The molecule has 22 heteroatoms. The Balaban J connectivity index is 0.000000289. The molecule has 348 valence electrons. The Hall–Kier alpha value is -4.76. The van der Waals surface area contributed by atoms with E-state index in [1.807, 2.05) is 0 Å². The lowest BCUT2D eigenvalue weighted by Gasteiger charge is -2.50. The minimum atomic E-state index is -3.94. The van der Waals surface area contributed by atoms with Crippen molar-refractivity contribution in [2.45, 2.75) is 121 Å². The lowest BCUT2D eigenvalue weighted by atomic mass is 9.82. The molecule has 5 amide bonds. The van der Waals surface area contributed by atoms with Crippen LogP contribution in [0.15, 0.2) is 36.8 Å². The topological polar surface area (TPSA) is 245 Å². The Morgan fingerprint density at radius 3 is 1.81 bits per heavy atom. The van der Waals surface area contributed by atoms with Gasteiger partial charge in [0.1, 0.15) is 18.3 Å². The van der Waals surface area contributed by atoms with Gasteiger partial charge in [0.15, 0.2) is 6.04 Å². The predicted octanol–water partition coefficient (Wildman–Crippen LogP) is 6.67. The van der Waals surface area contributed by atoms with Crippen LogP contribution in [0, 0.1) is 23.7 Å². The molecule has 4 aliphatic rings. The lowest BCUT2D eigenvalue weighted by molar-refractivity contribution is -0.165. The molecule has 3 unspecified atom stereocenters. The smallest absolute Gasteiger partial charge is 0.389 e. The number of aliphatic hydroxyl groups excluding tert-OH is 1. The van der Waals surface area contributed by atoms with E-state index in [1.54, 1.807) is 24.4 Å². The summed E-state index contributed by atoms with van der Waals surface area (Å²) < 4.78 is 76.3. The summed E-state index contributed by atoms with van der Waals surface area (Å²) in [7, 11) is 2.48. The van der Waals surface area contributed by atoms with Gasteiger partial charge in [-0.3, -0.25) is 14.7 Å². The number of urea groups is 2. The normalized spacial score (nSPS) is 22.5. The molecule has 2 aliphatic heterocycles. The molecule has 0 aromatic carbocycles. The molecule has 62 heavy (non-hydrogen) atoms. The molecule has 5 atom stereocenters. The van der Waals surface area contributed by atoms with Crippen molar-refractivity contribution >= 4 is 47.6 Å². The number of β-lactam (4-membered cyclic amide) rings is 1. The Morgan fingerprint density at radius 2 is 1.40 bits per heavy atom. The maximum atomic E-state index is 11.8. The number of carbonyl (C=O) groups excluding carboxylic acids is 4. The molecular weight excluding hydrogens is 856 g/mol. The number of nitrogen functional groups attached to an aromatic ring is 1. The number of aliphatic carboxylic acids is 1. The Kier molecular flexibility index (Phi) is 21.8. The van der Waals surface area contributed by atoms with Gasteiger partial charge in [-0.2, -0.15) is 26.3 Å². The van der Waals surface area contributed by atoms with Gasteiger partial charge in [-0.25, -0.2) is 24.3 Å². The third-order valence-corrected chi connectivity index (χ3v) is 11.0. The van der Waals surface area contributed by atoms with Crippen molar-refractivity contribution in [3.63, 3.8) is 0 Å². The van der Waals surface area contributed by atoms with E-state index in [-0.39, 0.29) is 30.0 Å². The van der Waals surface area contributed by atoms with E-state index >= 15 is 0 Å². The van der Waals surface area contributed by atoms with Crippen LogP contribution in [0.4, 0.5) is 41.7 Å². The molecule has 4 fully saturated rings. The highest BCUT2D eigenvalue weighted by molar-refractivity contribution is 6.30. The minimum absolute atomic E-state index is 0.0799. The first kappa shape index (κ1) is 53.4. The number of alkyl halides is 6. The molecule has 8 N–H and O–H groups in total. The first-order valence-corrected chi connectivity index (χ1v) is 20.3. The largest absolute Gasteiger partial charge is 0.480 e. The van der Waals surface area contributed by atoms with Crippen molar-refractivity contribution in [2.24, 2.45) is 35.1 Å². The number of aldehydes is 1. The number of methoxy groups -OCH3 is 1. The maximum Gasteiger partial charge on any atom is 0.389 e. The molecular formula is C40H56ClF6N7O8. The van der Waals surface area contributed by atoms with Gasteiger partial charge in [-0.15, -0.1) is 0 Å².